The Labute approximate surface area is 160 Å². The fourth-order valence-electron chi connectivity index (χ4n) is 3.84. The summed E-state index contributed by atoms with van der Waals surface area (Å²) < 4.78 is 0. The molecule has 27 heavy (non-hydrogen) atoms. The molecule has 138 valence electrons. The van der Waals surface area contributed by atoms with E-state index in [4.69, 9.17) is 0 Å². The van der Waals surface area contributed by atoms with Crippen molar-refractivity contribution in [3.05, 3.63) is 71.4 Å². The number of pyridine rings is 1. The Morgan fingerprint density at radius 3 is 2.56 bits per heavy atom. The lowest BCUT2D eigenvalue weighted by atomic mass is 10.0. The molecule has 4 heteroatoms. The third kappa shape index (κ3) is 3.65. The van der Waals surface area contributed by atoms with E-state index in [2.05, 4.69) is 47.1 Å². The van der Waals surface area contributed by atoms with Crippen LogP contribution in [0.15, 0.2) is 54.6 Å². The molecule has 2 aromatic carbocycles. The minimum atomic E-state index is 0.117. The number of hydrogen-bond acceptors (Lipinski definition) is 3. The van der Waals surface area contributed by atoms with Gasteiger partial charge in [0, 0.05) is 42.9 Å². The predicted octanol–water partition coefficient (Wildman–Crippen LogP) is 4.20. The summed E-state index contributed by atoms with van der Waals surface area (Å²) in [5, 5.41) is 0.953. The van der Waals surface area contributed by atoms with Gasteiger partial charge in [0.15, 0.2) is 0 Å². The third-order valence-electron chi connectivity index (χ3n) is 5.23. The van der Waals surface area contributed by atoms with Crippen LogP contribution < -0.4 is 4.90 Å². The van der Waals surface area contributed by atoms with Gasteiger partial charge in [0.25, 0.3) is 5.91 Å². The Kier molecular flexibility index (Phi) is 4.80. The fraction of sp³-hybridized carbons (Fsp3) is 0.304. The number of carbonyl (C=O) groups excluding carboxylic acids is 1. The van der Waals surface area contributed by atoms with Crippen LogP contribution in [0.3, 0.4) is 0 Å². The van der Waals surface area contributed by atoms with Crippen LogP contribution in [0.4, 0.5) is 5.69 Å². The Morgan fingerprint density at radius 2 is 1.74 bits per heavy atom. The second-order valence-electron chi connectivity index (χ2n) is 7.30. The first-order chi connectivity index (χ1) is 13.1. The van der Waals surface area contributed by atoms with Crippen LogP contribution in [-0.4, -0.2) is 42.0 Å². The van der Waals surface area contributed by atoms with Crippen LogP contribution in [0, 0.1) is 13.8 Å². The standard InChI is InChI=1S/C23H25N3O/c1-17-9-10-22-20(15-17)21(16-18(2)24-22)23(27)26-12-6-11-25(13-14-26)19-7-4-3-5-8-19/h3-5,7-10,15-16H,6,11-14H2,1-2H3. The number of nitrogens with zero attached hydrogens (tertiary/aromatic N) is 3. The Morgan fingerprint density at radius 1 is 0.926 bits per heavy atom. The zero-order valence-electron chi connectivity index (χ0n) is 16.0. The van der Waals surface area contributed by atoms with Crippen molar-refractivity contribution in [1.29, 1.82) is 0 Å². The fourth-order valence-corrected chi connectivity index (χ4v) is 3.84. The van der Waals surface area contributed by atoms with E-state index in [1.807, 2.05) is 36.1 Å². The highest BCUT2D eigenvalue weighted by Crippen LogP contribution is 2.23. The molecule has 0 unspecified atom stereocenters. The first-order valence-electron chi connectivity index (χ1n) is 9.59. The number of para-hydroxylation sites is 1. The van der Waals surface area contributed by atoms with Crippen LogP contribution in [0.1, 0.15) is 28.0 Å². The molecule has 4 rings (SSSR count). The average molecular weight is 359 g/mol. The lowest BCUT2D eigenvalue weighted by Crippen LogP contribution is -2.35. The summed E-state index contributed by atoms with van der Waals surface area (Å²) in [7, 11) is 0. The molecule has 1 aromatic heterocycles. The maximum atomic E-state index is 13.4. The summed E-state index contributed by atoms with van der Waals surface area (Å²) in [5.74, 6) is 0.117. The van der Waals surface area contributed by atoms with Crippen molar-refractivity contribution in [1.82, 2.24) is 9.88 Å². The number of hydrogen-bond donors (Lipinski definition) is 0. The molecule has 0 radical (unpaired) electrons. The second-order valence-corrected chi connectivity index (χ2v) is 7.30. The van der Waals surface area contributed by atoms with E-state index in [1.165, 1.54) is 5.69 Å². The topological polar surface area (TPSA) is 36.4 Å². The third-order valence-corrected chi connectivity index (χ3v) is 5.23. The largest absolute Gasteiger partial charge is 0.370 e. The van der Waals surface area contributed by atoms with Gasteiger partial charge < -0.3 is 9.80 Å². The van der Waals surface area contributed by atoms with E-state index < -0.39 is 0 Å². The van der Waals surface area contributed by atoms with Gasteiger partial charge in [0.1, 0.15) is 0 Å². The summed E-state index contributed by atoms with van der Waals surface area (Å²) in [5.41, 5.74) is 4.93. The molecule has 0 saturated carbocycles. The van der Waals surface area contributed by atoms with E-state index in [0.717, 1.165) is 60.3 Å². The normalized spacial score (nSPS) is 15.0. The Balaban J connectivity index is 1.60. The molecule has 0 aliphatic carbocycles. The predicted molar refractivity (Wildman–Crippen MR) is 110 cm³/mol. The molecule has 4 nitrogen and oxygen atoms in total. The quantitative estimate of drug-likeness (QED) is 0.688. The zero-order chi connectivity index (χ0) is 18.8. The number of benzene rings is 2. The molecular weight excluding hydrogens is 334 g/mol. The van der Waals surface area contributed by atoms with Crippen LogP contribution >= 0.6 is 0 Å². The molecule has 1 aliphatic heterocycles. The molecule has 1 amide bonds. The van der Waals surface area contributed by atoms with Crippen molar-refractivity contribution in [2.45, 2.75) is 20.3 Å². The number of aryl methyl sites for hydroxylation is 2. The van der Waals surface area contributed by atoms with Crippen LogP contribution in [0.25, 0.3) is 10.9 Å². The number of rotatable bonds is 2. The average Bonchev–Trinajstić information content (AvgIpc) is 2.94. The molecule has 0 N–H and O–H groups in total. The molecule has 1 saturated heterocycles. The molecule has 0 spiro atoms. The van der Waals surface area contributed by atoms with E-state index in [1.54, 1.807) is 0 Å². The number of aromatic nitrogens is 1. The Bertz CT molecular complexity index is 968. The van der Waals surface area contributed by atoms with Gasteiger partial charge >= 0.3 is 0 Å². The van der Waals surface area contributed by atoms with Gasteiger partial charge in [-0.05, 0) is 50.6 Å². The molecule has 1 aliphatic rings. The van der Waals surface area contributed by atoms with E-state index in [-0.39, 0.29) is 5.91 Å². The van der Waals surface area contributed by atoms with E-state index in [9.17, 15) is 4.79 Å². The summed E-state index contributed by atoms with van der Waals surface area (Å²) in [6.45, 7) is 7.37. The van der Waals surface area contributed by atoms with Gasteiger partial charge in [-0.1, -0.05) is 29.8 Å². The van der Waals surface area contributed by atoms with Gasteiger partial charge in [-0.2, -0.15) is 0 Å². The van der Waals surface area contributed by atoms with E-state index >= 15 is 0 Å². The summed E-state index contributed by atoms with van der Waals surface area (Å²) >= 11 is 0. The van der Waals surface area contributed by atoms with Gasteiger partial charge in [0.05, 0.1) is 11.1 Å². The lowest BCUT2D eigenvalue weighted by Gasteiger charge is -2.24. The minimum Gasteiger partial charge on any atom is -0.370 e. The van der Waals surface area contributed by atoms with Crippen molar-refractivity contribution < 1.29 is 4.79 Å². The summed E-state index contributed by atoms with van der Waals surface area (Å²) in [6.07, 6.45) is 0.974. The van der Waals surface area contributed by atoms with Crippen molar-refractivity contribution in [2.75, 3.05) is 31.1 Å². The number of anilines is 1. The second kappa shape index (κ2) is 7.39. The first-order valence-corrected chi connectivity index (χ1v) is 9.59. The van der Waals surface area contributed by atoms with Crippen LogP contribution in [0.5, 0.6) is 0 Å². The SMILES string of the molecule is Cc1ccc2nc(C)cc(C(=O)N3CCCN(c4ccccc4)CC3)c2c1. The molecular formula is C23H25N3O. The highest BCUT2D eigenvalue weighted by atomic mass is 16.2. The van der Waals surface area contributed by atoms with Crippen molar-refractivity contribution in [2.24, 2.45) is 0 Å². The lowest BCUT2D eigenvalue weighted by molar-refractivity contribution is 0.0769. The van der Waals surface area contributed by atoms with Gasteiger partial charge in [-0.15, -0.1) is 0 Å². The van der Waals surface area contributed by atoms with Crippen LogP contribution in [0.2, 0.25) is 0 Å². The minimum absolute atomic E-state index is 0.117. The molecule has 3 aromatic rings. The monoisotopic (exact) mass is 359 g/mol. The number of carbonyl (C=O) groups is 1. The van der Waals surface area contributed by atoms with Crippen molar-refractivity contribution in [3.63, 3.8) is 0 Å². The highest BCUT2D eigenvalue weighted by Gasteiger charge is 2.22. The van der Waals surface area contributed by atoms with Gasteiger partial charge in [-0.25, -0.2) is 0 Å². The maximum absolute atomic E-state index is 13.4. The van der Waals surface area contributed by atoms with Crippen LogP contribution in [-0.2, 0) is 0 Å². The number of amides is 1. The maximum Gasteiger partial charge on any atom is 0.254 e. The summed E-state index contributed by atoms with van der Waals surface area (Å²) in [4.78, 5) is 22.3. The Hall–Kier alpha value is -2.88. The molecule has 1 fully saturated rings. The molecule has 0 bridgehead atoms. The van der Waals surface area contributed by atoms with Crippen molar-refractivity contribution in [3.8, 4) is 0 Å². The molecule has 0 atom stereocenters. The van der Waals surface area contributed by atoms with Gasteiger partial charge in [0.2, 0.25) is 0 Å². The zero-order valence-corrected chi connectivity index (χ0v) is 16.0. The van der Waals surface area contributed by atoms with Crippen molar-refractivity contribution >= 4 is 22.5 Å². The smallest absolute Gasteiger partial charge is 0.254 e. The number of fused-ring (bicyclic) bond motifs is 1. The first kappa shape index (κ1) is 17.5. The van der Waals surface area contributed by atoms with Gasteiger partial charge in [-0.3, -0.25) is 9.78 Å². The van der Waals surface area contributed by atoms with E-state index in [0.29, 0.717) is 0 Å². The highest BCUT2D eigenvalue weighted by molar-refractivity contribution is 6.06. The summed E-state index contributed by atoms with van der Waals surface area (Å²) in [6, 6.07) is 18.5. The molecule has 2 heterocycles.